The van der Waals surface area contributed by atoms with E-state index in [1.165, 1.54) is 0 Å². The molecule has 1 aromatic carbocycles. The van der Waals surface area contributed by atoms with Gasteiger partial charge in [0.2, 0.25) is 21.8 Å². The van der Waals surface area contributed by atoms with Crippen molar-refractivity contribution in [3.05, 3.63) is 29.8 Å². The number of hydrogen-bond acceptors (Lipinski definition) is 4. The zero-order valence-corrected chi connectivity index (χ0v) is 19.2. The number of amides is 2. The van der Waals surface area contributed by atoms with Crippen LogP contribution in [0.5, 0.6) is 0 Å². The lowest BCUT2D eigenvalue weighted by Crippen LogP contribution is -2.43. The molecular formula is C22H35N3O4S. The van der Waals surface area contributed by atoms with Crippen molar-refractivity contribution < 1.29 is 18.0 Å². The first kappa shape index (κ1) is 24.3. The molecule has 0 spiro atoms. The Bertz CT molecular complexity index is 804. The summed E-state index contributed by atoms with van der Waals surface area (Å²) in [5.41, 5.74) is 1.01. The van der Waals surface area contributed by atoms with Gasteiger partial charge in [0.15, 0.2) is 0 Å². The van der Waals surface area contributed by atoms with Gasteiger partial charge in [0, 0.05) is 45.6 Å². The van der Waals surface area contributed by atoms with Crippen LogP contribution in [0.15, 0.2) is 29.2 Å². The van der Waals surface area contributed by atoms with Crippen molar-refractivity contribution in [1.29, 1.82) is 0 Å². The Morgan fingerprint density at radius 2 is 1.80 bits per heavy atom. The van der Waals surface area contributed by atoms with Gasteiger partial charge in [-0.3, -0.25) is 9.59 Å². The highest BCUT2D eigenvalue weighted by Gasteiger charge is 2.25. The van der Waals surface area contributed by atoms with Gasteiger partial charge in [0.25, 0.3) is 0 Å². The summed E-state index contributed by atoms with van der Waals surface area (Å²) in [5, 5.41) is 0. The maximum Gasteiger partial charge on any atom is 0.240 e. The molecule has 1 fully saturated rings. The Balaban J connectivity index is 1.79. The average molecular weight is 438 g/mol. The minimum Gasteiger partial charge on any atom is -0.343 e. The molecule has 8 heteroatoms. The molecule has 1 saturated heterocycles. The number of hydrogen-bond donors (Lipinski definition) is 1. The van der Waals surface area contributed by atoms with Crippen molar-refractivity contribution in [3.63, 3.8) is 0 Å². The van der Waals surface area contributed by atoms with Crippen molar-refractivity contribution >= 4 is 21.8 Å². The van der Waals surface area contributed by atoms with Gasteiger partial charge in [-0.15, -0.1) is 0 Å². The third kappa shape index (κ3) is 7.09. The lowest BCUT2D eigenvalue weighted by Gasteiger charge is -2.33. The van der Waals surface area contributed by atoms with E-state index in [2.05, 4.69) is 4.72 Å². The van der Waals surface area contributed by atoms with Crippen LogP contribution in [0.25, 0.3) is 0 Å². The number of aryl methyl sites for hydroxylation is 1. The minimum absolute atomic E-state index is 0.0495. The molecule has 7 nitrogen and oxygen atoms in total. The van der Waals surface area contributed by atoms with Crippen LogP contribution in [-0.2, 0) is 19.6 Å². The summed E-state index contributed by atoms with van der Waals surface area (Å²) in [6.45, 7) is 8.77. The molecule has 1 atom stereocenters. The van der Waals surface area contributed by atoms with E-state index in [0.717, 1.165) is 18.4 Å². The molecule has 2 amide bonds. The van der Waals surface area contributed by atoms with Gasteiger partial charge in [0.05, 0.1) is 4.90 Å². The van der Waals surface area contributed by atoms with Gasteiger partial charge in [-0.1, -0.05) is 17.7 Å². The summed E-state index contributed by atoms with van der Waals surface area (Å²) in [6.07, 6.45) is 3.05. The smallest absolute Gasteiger partial charge is 0.240 e. The number of nitrogens with zero attached hydrogens (tertiary/aromatic N) is 2. The Hall–Kier alpha value is -1.93. The van der Waals surface area contributed by atoms with Crippen molar-refractivity contribution in [2.45, 2.75) is 57.8 Å². The Labute approximate surface area is 180 Å². The molecule has 0 saturated carbocycles. The van der Waals surface area contributed by atoms with E-state index in [-0.39, 0.29) is 22.6 Å². The largest absolute Gasteiger partial charge is 0.343 e. The maximum atomic E-state index is 12.6. The van der Waals surface area contributed by atoms with Crippen LogP contribution in [0, 0.1) is 12.8 Å². The van der Waals surface area contributed by atoms with Crippen LogP contribution < -0.4 is 4.72 Å². The Morgan fingerprint density at radius 3 is 2.43 bits per heavy atom. The fourth-order valence-electron chi connectivity index (χ4n) is 3.77. The fourth-order valence-corrected chi connectivity index (χ4v) is 4.89. The molecule has 0 bridgehead atoms. The molecule has 30 heavy (non-hydrogen) atoms. The van der Waals surface area contributed by atoms with Crippen LogP contribution in [0.2, 0.25) is 0 Å². The second-order valence-electron chi connectivity index (χ2n) is 7.93. The average Bonchev–Trinajstić information content (AvgIpc) is 2.73. The number of nitrogens with one attached hydrogen (secondary N) is 1. The van der Waals surface area contributed by atoms with E-state index in [1.807, 2.05) is 25.7 Å². The van der Waals surface area contributed by atoms with Gasteiger partial charge < -0.3 is 9.80 Å². The second kappa shape index (κ2) is 11.5. The van der Waals surface area contributed by atoms with Gasteiger partial charge in [-0.05, 0) is 58.1 Å². The zero-order chi connectivity index (χ0) is 22.1. The zero-order valence-electron chi connectivity index (χ0n) is 18.4. The van der Waals surface area contributed by atoms with Crippen LogP contribution >= 0.6 is 0 Å². The molecule has 1 heterocycles. The molecule has 1 aromatic rings. The summed E-state index contributed by atoms with van der Waals surface area (Å²) in [5.74, 6) is 0.239. The maximum absolute atomic E-state index is 12.6. The minimum atomic E-state index is -3.55. The molecule has 168 valence electrons. The normalized spacial score (nSPS) is 17.0. The summed E-state index contributed by atoms with van der Waals surface area (Å²) in [4.78, 5) is 28.5. The number of carbonyl (C=O) groups is 2. The molecule has 0 radical (unpaired) electrons. The van der Waals surface area contributed by atoms with Crippen LogP contribution in [0.1, 0.15) is 51.5 Å². The Kier molecular flexibility index (Phi) is 9.30. The van der Waals surface area contributed by atoms with Crippen LogP contribution in [0.4, 0.5) is 0 Å². The summed E-state index contributed by atoms with van der Waals surface area (Å²) in [6, 6.07) is 6.77. The van der Waals surface area contributed by atoms with Gasteiger partial charge >= 0.3 is 0 Å². The highest BCUT2D eigenvalue weighted by molar-refractivity contribution is 7.89. The van der Waals surface area contributed by atoms with Crippen molar-refractivity contribution in [2.75, 3.05) is 32.7 Å². The highest BCUT2D eigenvalue weighted by atomic mass is 32.2. The van der Waals surface area contributed by atoms with E-state index in [9.17, 15) is 18.0 Å². The fraction of sp³-hybridized carbons (Fsp3) is 0.636. The first-order valence-electron chi connectivity index (χ1n) is 10.9. The molecule has 1 aliphatic rings. The molecule has 1 aliphatic heterocycles. The number of piperidine rings is 1. The van der Waals surface area contributed by atoms with Crippen molar-refractivity contribution in [3.8, 4) is 0 Å². The van der Waals surface area contributed by atoms with Gasteiger partial charge in [-0.25, -0.2) is 13.1 Å². The molecule has 0 aliphatic carbocycles. The molecule has 1 N–H and O–H groups in total. The SMILES string of the molecule is CCN(CC)C(=O)CCCC(=O)N1CCCC(CNS(=O)(=O)c2ccc(C)cc2)C1. The highest BCUT2D eigenvalue weighted by Crippen LogP contribution is 2.18. The summed E-state index contributed by atoms with van der Waals surface area (Å²) in [7, 11) is -3.55. The summed E-state index contributed by atoms with van der Waals surface area (Å²) >= 11 is 0. The van der Waals surface area contributed by atoms with Gasteiger partial charge in [-0.2, -0.15) is 0 Å². The number of sulfonamides is 1. The van der Waals surface area contributed by atoms with E-state index in [0.29, 0.717) is 52.0 Å². The molecule has 1 unspecified atom stereocenters. The first-order valence-corrected chi connectivity index (χ1v) is 12.4. The van der Waals surface area contributed by atoms with Crippen molar-refractivity contribution in [1.82, 2.24) is 14.5 Å². The second-order valence-corrected chi connectivity index (χ2v) is 9.70. The lowest BCUT2D eigenvalue weighted by atomic mass is 9.98. The Morgan fingerprint density at radius 1 is 1.13 bits per heavy atom. The third-order valence-electron chi connectivity index (χ3n) is 5.66. The standard InChI is InChI=1S/C22H35N3O4S/c1-4-24(5-2)21(26)9-6-10-22(27)25-15-7-8-19(17-25)16-23-30(28,29)20-13-11-18(3)12-14-20/h11-14,19,23H,4-10,15-17H2,1-3H3. The lowest BCUT2D eigenvalue weighted by molar-refractivity contribution is -0.133. The van der Waals surface area contributed by atoms with Crippen LogP contribution in [-0.4, -0.2) is 62.8 Å². The number of benzene rings is 1. The van der Waals surface area contributed by atoms with E-state index in [1.54, 1.807) is 29.2 Å². The van der Waals surface area contributed by atoms with Crippen molar-refractivity contribution in [2.24, 2.45) is 5.92 Å². The van der Waals surface area contributed by atoms with Crippen LogP contribution in [0.3, 0.4) is 0 Å². The molecule has 0 aromatic heterocycles. The predicted molar refractivity (Wildman–Crippen MR) is 117 cm³/mol. The number of rotatable bonds is 10. The third-order valence-corrected chi connectivity index (χ3v) is 7.10. The monoisotopic (exact) mass is 437 g/mol. The first-order chi connectivity index (χ1) is 14.3. The quantitative estimate of drug-likeness (QED) is 0.609. The molecule has 2 rings (SSSR count). The summed E-state index contributed by atoms with van der Waals surface area (Å²) < 4.78 is 27.7. The van der Waals surface area contributed by atoms with E-state index < -0.39 is 10.0 Å². The topological polar surface area (TPSA) is 86.8 Å². The predicted octanol–water partition coefficient (Wildman–Crippen LogP) is 2.55. The molecular weight excluding hydrogens is 402 g/mol. The number of likely N-dealkylation sites (tertiary alicyclic amines) is 1. The van der Waals surface area contributed by atoms with Gasteiger partial charge in [0.1, 0.15) is 0 Å². The number of carbonyl (C=O) groups excluding carboxylic acids is 2. The van der Waals surface area contributed by atoms with E-state index in [4.69, 9.17) is 0 Å². The van der Waals surface area contributed by atoms with E-state index >= 15 is 0 Å².